The van der Waals surface area contributed by atoms with Gasteiger partial charge < -0.3 is 5.32 Å². The van der Waals surface area contributed by atoms with E-state index in [1.54, 1.807) is 0 Å². The molecule has 1 aliphatic rings. The van der Waals surface area contributed by atoms with Gasteiger partial charge in [0, 0.05) is 16.6 Å². The molecule has 2 rings (SSSR count). The lowest BCUT2D eigenvalue weighted by atomic mass is 9.81. The number of halogens is 5. The lowest BCUT2D eigenvalue weighted by Gasteiger charge is -2.30. The van der Waals surface area contributed by atoms with Crippen LogP contribution in [0.5, 0.6) is 0 Å². The lowest BCUT2D eigenvalue weighted by molar-refractivity contribution is -0.172. The van der Waals surface area contributed by atoms with Gasteiger partial charge >= 0.3 is 6.18 Å². The van der Waals surface area contributed by atoms with E-state index in [1.165, 1.54) is 18.2 Å². The maximum absolute atomic E-state index is 13.2. The first-order valence-electron chi connectivity index (χ1n) is 4.71. The van der Waals surface area contributed by atoms with E-state index in [0.717, 1.165) is 6.08 Å². The Morgan fingerprint density at radius 3 is 2.18 bits per heavy atom. The van der Waals surface area contributed by atoms with Crippen LogP contribution in [-0.2, 0) is 5.41 Å². The van der Waals surface area contributed by atoms with Crippen LogP contribution < -0.4 is 5.32 Å². The standard InChI is InChI=1S/C11H7Cl2F3N/c12-8-3-7(4-9(13)5-8)10(11(14,15)16)1-2-17-6-10/h1,3-5,17H,6H2. The van der Waals surface area contributed by atoms with Crippen LogP contribution in [0.15, 0.2) is 24.3 Å². The molecule has 91 valence electrons. The van der Waals surface area contributed by atoms with E-state index in [2.05, 4.69) is 11.5 Å². The summed E-state index contributed by atoms with van der Waals surface area (Å²) in [7, 11) is 0. The van der Waals surface area contributed by atoms with Crippen molar-refractivity contribution in [2.75, 3.05) is 6.54 Å². The Labute approximate surface area is 106 Å². The zero-order chi connectivity index (χ0) is 12.7. The van der Waals surface area contributed by atoms with Gasteiger partial charge in [-0.15, -0.1) is 0 Å². The van der Waals surface area contributed by atoms with Crippen LogP contribution >= 0.6 is 23.2 Å². The van der Waals surface area contributed by atoms with Gasteiger partial charge in [0.15, 0.2) is 0 Å². The zero-order valence-electron chi connectivity index (χ0n) is 8.41. The van der Waals surface area contributed by atoms with Gasteiger partial charge in [-0.05, 0) is 29.8 Å². The van der Waals surface area contributed by atoms with Crippen LogP contribution in [0.1, 0.15) is 5.56 Å². The van der Waals surface area contributed by atoms with Crippen molar-refractivity contribution in [2.24, 2.45) is 0 Å². The Morgan fingerprint density at radius 2 is 1.76 bits per heavy atom. The summed E-state index contributed by atoms with van der Waals surface area (Å²) in [4.78, 5) is 0. The number of nitrogens with one attached hydrogen (secondary N) is 1. The minimum atomic E-state index is -4.43. The number of alkyl halides is 3. The monoisotopic (exact) mass is 280 g/mol. The molecular weight excluding hydrogens is 274 g/mol. The van der Waals surface area contributed by atoms with Gasteiger partial charge in [0.05, 0.1) is 6.20 Å². The Hall–Kier alpha value is -0.870. The average molecular weight is 281 g/mol. The fourth-order valence-electron chi connectivity index (χ4n) is 1.76. The summed E-state index contributed by atoms with van der Waals surface area (Å²) in [6, 6.07) is 3.94. The van der Waals surface area contributed by atoms with E-state index in [0.29, 0.717) is 0 Å². The second-order valence-corrected chi connectivity index (χ2v) is 4.64. The van der Waals surface area contributed by atoms with Crippen molar-refractivity contribution in [2.45, 2.75) is 11.6 Å². The van der Waals surface area contributed by atoms with Gasteiger partial charge in [-0.25, -0.2) is 0 Å². The molecule has 0 spiro atoms. The molecule has 0 saturated heterocycles. The first kappa shape index (κ1) is 12.6. The van der Waals surface area contributed by atoms with E-state index >= 15 is 0 Å². The minimum absolute atomic E-state index is 0.0139. The summed E-state index contributed by atoms with van der Waals surface area (Å²) in [6.07, 6.45) is -1.09. The van der Waals surface area contributed by atoms with Crippen LogP contribution in [0.3, 0.4) is 0 Å². The largest absolute Gasteiger partial charge is 0.403 e. The molecule has 1 heterocycles. The fourth-order valence-corrected chi connectivity index (χ4v) is 2.28. The summed E-state index contributed by atoms with van der Waals surface area (Å²) in [5.41, 5.74) is -2.10. The number of rotatable bonds is 1. The molecule has 0 amide bonds. The van der Waals surface area contributed by atoms with E-state index in [1.807, 2.05) is 0 Å². The molecule has 1 unspecified atom stereocenters. The molecule has 1 aromatic rings. The van der Waals surface area contributed by atoms with Crippen molar-refractivity contribution in [3.8, 4) is 0 Å². The maximum atomic E-state index is 13.2. The first-order chi connectivity index (χ1) is 7.85. The molecule has 6 heteroatoms. The quantitative estimate of drug-likeness (QED) is 0.827. The van der Waals surface area contributed by atoms with Gasteiger partial charge in [0.2, 0.25) is 0 Å². The second kappa shape index (κ2) is 4.10. The van der Waals surface area contributed by atoms with Crippen molar-refractivity contribution in [1.29, 1.82) is 0 Å². The van der Waals surface area contributed by atoms with E-state index in [-0.39, 0.29) is 22.2 Å². The Kier molecular flexibility index (Phi) is 3.04. The summed E-state index contributed by atoms with van der Waals surface area (Å²) < 4.78 is 39.5. The highest BCUT2D eigenvalue weighted by atomic mass is 35.5. The molecule has 1 aliphatic heterocycles. The van der Waals surface area contributed by atoms with Crippen molar-refractivity contribution in [3.05, 3.63) is 46.1 Å². The Morgan fingerprint density at radius 1 is 1.18 bits per heavy atom. The molecule has 0 bridgehead atoms. The van der Waals surface area contributed by atoms with Crippen molar-refractivity contribution < 1.29 is 13.2 Å². The van der Waals surface area contributed by atoms with Crippen LogP contribution in [0, 0.1) is 6.20 Å². The molecule has 0 aliphatic carbocycles. The third-order valence-corrected chi connectivity index (χ3v) is 3.11. The van der Waals surface area contributed by atoms with E-state index < -0.39 is 11.6 Å². The van der Waals surface area contributed by atoms with E-state index in [9.17, 15) is 13.2 Å². The second-order valence-electron chi connectivity index (χ2n) is 3.77. The smallest absolute Gasteiger partial charge is 0.382 e. The predicted octanol–water partition coefficient (Wildman–Crippen LogP) is 3.71. The predicted molar refractivity (Wildman–Crippen MR) is 60.0 cm³/mol. The summed E-state index contributed by atoms with van der Waals surface area (Å²) in [5.74, 6) is 0. The molecule has 1 atom stereocenters. The summed E-state index contributed by atoms with van der Waals surface area (Å²) in [6.45, 7) is -0.298. The molecule has 1 nitrogen and oxygen atoms in total. The first-order valence-corrected chi connectivity index (χ1v) is 5.47. The average Bonchev–Trinajstić information content (AvgIpc) is 2.64. The van der Waals surface area contributed by atoms with Gasteiger partial charge in [-0.3, -0.25) is 0 Å². The highest BCUT2D eigenvalue weighted by Crippen LogP contribution is 2.44. The van der Waals surface area contributed by atoms with Gasteiger partial charge in [0.1, 0.15) is 5.41 Å². The fraction of sp³-hybridized carbons (Fsp3) is 0.273. The topological polar surface area (TPSA) is 12.0 Å². The van der Waals surface area contributed by atoms with Crippen molar-refractivity contribution in [1.82, 2.24) is 5.32 Å². The molecular formula is C11H7Cl2F3N. The molecule has 0 fully saturated rings. The van der Waals surface area contributed by atoms with Crippen molar-refractivity contribution >= 4 is 23.2 Å². The van der Waals surface area contributed by atoms with Crippen molar-refractivity contribution in [3.63, 3.8) is 0 Å². The molecule has 1 aromatic carbocycles. The molecule has 0 saturated carbocycles. The summed E-state index contributed by atoms with van der Waals surface area (Å²) in [5, 5.41) is 2.80. The third kappa shape index (κ3) is 2.11. The lowest BCUT2D eigenvalue weighted by Crippen LogP contribution is -2.44. The molecule has 1 radical (unpaired) electrons. The van der Waals surface area contributed by atoms with Crippen LogP contribution in [0.4, 0.5) is 13.2 Å². The number of benzene rings is 1. The maximum Gasteiger partial charge on any atom is 0.403 e. The van der Waals surface area contributed by atoms with Crippen LogP contribution in [0.25, 0.3) is 0 Å². The highest BCUT2D eigenvalue weighted by molar-refractivity contribution is 6.34. The van der Waals surface area contributed by atoms with E-state index in [4.69, 9.17) is 23.2 Å². The molecule has 0 aromatic heterocycles. The minimum Gasteiger partial charge on any atom is -0.382 e. The molecule has 1 N–H and O–H groups in total. The number of hydrogen-bond donors (Lipinski definition) is 1. The SMILES string of the molecule is FC(F)(F)C1(c2cc(Cl)cc(Cl)c2)C=[C]NC1. The van der Waals surface area contributed by atoms with Crippen LogP contribution in [-0.4, -0.2) is 12.7 Å². The zero-order valence-corrected chi connectivity index (χ0v) is 9.92. The van der Waals surface area contributed by atoms with Gasteiger partial charge in [-0.2, -0.15) is 13.2 Å². The van der Waals surface area contributed by atoms with Gasteiger partial charge in [0.25, 0.3) is 0 Å². The third-order valence-electron chi connectivity index (χ3n) is 2.67. The Bertz CT molecular complexity index is 450. The summed E-state index contributed by atoms with van der Waals surface area (Å²) >= 11 is 11.5. The normalized spacial score (nSPS) is 23.8. The highest BCUT2D eigenvalue weighted by Gasteiger charge is 2.55. The molecule has 17 heavy (non-hydrogen) atoms. The van der Waals surface area contributed by atoms with Gasteiger partial charge in [-0.1, -0.05) is 23.2 Å². The van der Waals surface area contributed by atoms with Crippen LogP contribution in [0.2, 0.25) is 10.0 Å². The Balaban J connectivity index is 2.58. The number of hydrogen-bond acceptors (Lipinski definition) is 1.